The Morgan fingerprint density at radius 3 is 2.79 bits per heavy atom. The average molecular weight is 444 g/mol. The summed E-state index contributed by atoms with van der Waals surface area (Å²) in [7, 11) is 0. The SMILES string of the molecule is O=C1CCN(c2ccccc2C(=O)N[C@H]2COC[C@H]2Cc2ccnc3ccccc23)C(=O)N1. The van der Waals surface area contributed by atoms with Gasteiger partial charge in [0.2, 0.25) is 5.91 Å². The molecule has 2 aliphatic heterocycles. The molecule has 2 fully saturated rings. The summed E-state index contributed by atoms with van der Waals surface area (Å²) >= 11 is 0. The van der Waals surface area contributed by atoms with Gasteiger partial charge in [-0.25, -0.2) is 4.79 Å². The van der Waals surface area contributed by atoms with Crippen LogP contribution in [-0.4, -0.2) is 48.6 Å². The Hall–Kier alpha value is -3.78. The molecule has 5 rings (SSSR count). The lowest BCUT2D eigenvalue weighted by molar-refractivity contribution is -0.120. The molecule has 0 bridgehead atoms. The van der Waals surface area contributed by atoms with Crippen LogP contribution in [0.25, 0.3) is 10.9 Å². The number of nitrogens with zero attached hydrogens (tertiary/aromatic N) is 2. The number of ether oxygens (including phenoxy) is 1. The van der Waals surface area contributed by atoms with Gasteiger partial charge in [-0.1, -0.05) is 30.3 Å². The molecule has 0 radical (unpaired) electrons. The Balaban J connectivity index is 1.34. The van der Waals surface area contributed by atoms with Gasteiger partial charge in [0.25, 0.3) is 5.91 Å². The van der Waals surface area contributed by atoms with Gasteiger partial charge in [0.15, 0.2) is 0 Å². The second kappa shape index (κ2) is 8.99. The van der Waals surface area contributed by atoms with Gasteiger partial charge in [-0.05, 0) is 36.2 Å². The minimum absolute atomic E-state index is 0.114. The largest absolute Gasteiger partial charge is 0.379 e. The normalized spacial score (nSPS) is 20.7. The predicted octanol–water partition coefficient (Wildman–Crippen LogP) is 2.67. The zero-order chi connectivity index (χ0) is 22.8. The first kappa shape index (κ1) is 21.1. The Kier molecular flexibility index (Phi) is 5.75. The molecule has 2 saturated heterocycles. The summed E-state index contributed by atoms with van der Waals surface area (Å²) in [5.41, 5.74) is 2.99. The van der Waals surface area contributed by atoms with Crippen LogP contribution in [-0.2, 0) is 16.0 Å². The molecule has 0 unspecified atom stereocenters. The van der Waals surface area contributed by atoms with Crippen LogP contribution in [0.2, 0.25) is 0 Å². The monoisotopic (exact) mass is 444 g/mol. The van der Waals surface area contributed by atoms with Gasteiger partial charge < -0.3 is 10.1 Å². The predicted molar refractivity (Wildman–Crippen MR) is 123 cm³/mol. The number of fused-ring (bicyclic) bond motifs is 1. The maximum atomic E-state index is 13.2. The van der Waals surface area contributed by atoms with Gasteiger partial charge in [0.05, 0.1) is 36.0 Å². The molecular formula is C25H24N4O4. The fourth-order valence-electron chi connectivity index (χ4n) is 4.52. The Morgan fingerprint density at radius 1 is 1.09 bits per heavy atom. The molecule has 2 aromatic carbocycles. The van der Waals surface area contributed by atoms with Crippen molar-refractivity contribution >= 4 is 34.4 Å². The maximum Gasteiger partial charge on any atom is 0.328 e. The molecule has 3 heterocycles. The molecule has 2 aliphatic rings. The fraction of sp³-hybridized carbons (Fsp3) is 0.280. The van der Waals surface area contributed by atoms with E-state index < -0.39 is 6.03 Å². The molecule has 2 atom stereocenters. The summed E-state index contributed by atoms with van der Waals surface area (Å²) in [6.45, 7) is 1.22. The van der Waals surface area contributed by atoms with Crippen molar-refractivity contribution in [3.05, 3.63) is 71.9 Å². The Morgan fingerprint density at radius 2 is 1.91 bits per heavy atom. The number of rotatable bonds is 5. The summed E-state index contributed by atoms with van der Waals surface area (Å²) in [5, 5.41) is 6.52. The lowest BCUT2D eigenvalue weighted by atomic mass is 9.93. The molecule has 0 aliphatic carbocycles. The second-order valence-corrected chi connectivity index (χ2v) is 8.34. The summed E-state index contributed by atoms with van der Waals surface area (Å²) in [6, 6.07) is 16.3. The quantitative estimate of drug-likeness (QED) is 0.630. The number of carbonyl (C=O) groups is 3. The highest BCUT2D eigenvalue weighted by Gasteiger charge is 2.32. The molecule has 8 nitrogen and oxygen atoms in total. The minimum Gasteiger partial charge on any atom is -0.379 e. The number of urea groups is 1. The number of benzene rings is 2. The number of carbonyl (C=O) groups excluding carboxylic acids is 3. The Bertz CT molecular complexity index is 1220. The van der Waals surface area contributed by atoms with Crippen molar-refractivity contribution in [2.75, 3.05) is 24.7 Å². The number of pyridine rings is 1. The molecule has 0 saturated carbocycles. The van der Waals surface area contributed by atoms with Crippen LogP contribution in [0.3, 0.4) is 0 Å². The molecule has 33 heavy (non-hydrogen) atoms. The first-order valence-corrected chi connectivity index (χ1v) is 11.0. The molecule has 168 valence electrons. The van der Waals surface area contributed by atoms with E-state index in [4.69, 9.17) is 4.74 Å². The van der Waals surface area contributed by atoms with E-state index >= 15 is 0 Å². The van der Waals surface area contributed by atoms with Crippen LogP contribution < -0.4 is 15.5 Å². The number of imide groups is 1. The van der Waals surface area contributed by atoms with E-state index in [9.17, 15) is 14.4 Å². The van der Waals surface area contributed by atoms with Gasteiger partial charge in [-0.2, -0.15) is 0 Å². The number of aromatic nitrogens is 1. The van der Waals surface area contributed by atoms with Gasteiger partial charge in [-0.15, -0.1) is 0 Å². The number of anilines is 1. The third-order valence-electron chi connectivity index (χ3n) is 6.23. The van der Waals surface area contributed by atoms with Crippen molar-refractivity contribution in [2.45, 2.75) is 18.9 Å². The zero-order valence-electron chi connectivity index (χ0n) is 18.0. The van der Waals surface area contributed by atoms with E-state index in [1.807, 2.05) is 30.5 Å². The highest BCUT2D eigenvalue weighted by molar-refractivity contribution is 6.09. The van der Waals surface area contributed by atoms with Crippen molar-refractivity contribution < 1.29 is 19.1 Å². The molecular weight excluding hydrogens is 420 g/mol. The van der Waals surface area contributed by atoms with Crippen molar-refractivity contribution in [3.63, 3.8) is 0 Å². The average Bonchev–Trinajstić information content (AvgIpc) is 3.26. The smallest absolute Gasteiger partial charge is 0.328 e. The molecule has 3 aromatic rings. The van der Waals surface area contributed by atoms with E-state index in [1.165, 1.54) is 10.5 Å². The highest BCUT2D eigenvalue weighted by atomic mass is 16.5. The maximum absolute atomic E-state index is 13.2. The van der Waals surface area contributed by atoms with Crippen LogP contribution in [0.15, 0.2) is 60.8 Å². The van der Waals surface area contributed by atoms with E-state index in [0.29, 0.717) is 24.5 Å². The van der Waals surface area contributed by atoms with Gasteiger partial charge in [-0.3, -0.25) is 24.8 Å². The highest BCUT2D eigenvalue weighted by Crippen LogP contribution is 2.26. The van der Waals surface area contributed by atoms with Crippen LogP contribution in [0.4, 0.5) is 10.5 Å². The van der Waals surface area contributed by atoms with E-state index in [2.05, 4.69) is 21.7 Å². The van der Waals surface area contributed by atoms with Crippen molar-refractivity contribution in [1.29, 1.82) is 0 Å². The number of nitrogens with one attached hydrogen (secondary N) is 2. The third kappa shape index (κ3) is 4.29. The standard InChI is InChI=1S/C25H24N4O4/c30-23-10-12-29(25(32)28-23)22-8-4-2-6-19(22)24(31)27-21-15-33-14-17(21)13-16-9-11-26-20-7-3-1-5-18(16)20/h1-9,11,17,21H,10,12-15H2,(H,27,31)(H,28,30,32)/t17-,21+/m1/s1. The van der Waals surface area contributed by atoms with E-state index in [0.717, 1.165) is 17.3 Å². The molecule has 1 aromatic heterocycles. The summed E-state index contributed by atoms with van der Waals surface area (Å²) in [4.78, 5) is 42.9. The van der Waals surface area contributed by atoms with Crippen molar-refractivity contribution in [3.8, 4) is 0 Å². The number of hydrogen-bond acceptors (Lipinski definition) is 5. The zero-order valence-corrected chi connectivity index (χ0v) is 18.0. The number of amides is 4. The lowest BCUT2D eigenvalue weighted by Crippen LogP contribution is -2.50. The third-order valence-corrected chi connectivity index (χ3v) is 6.23. The van der Waals surface area contributed by atoms with Gasteiger partial charge >= 0.3 is 6.03 Å². The van der Waals surface area contributed by atoms with Crippen molar-refractivity contribution in [1.82, 2.24) is 15.6 Å². The van der Waals surface area contributed by atoms with E-state index in [-0.39, 0.29) is 36.7 Å². The molecule has 2 N–H and O–H groups in total. The van der Waals surface area contributed by atoms with Gasteiger partial charge in [0.1, 0.15) is 0 Å². The molecule has 4 amide bonds. The summed E-state index contributed by atoms with van der Waals surface area (Å²) < 4.78 is 5.72. The first-order chi connectivity index (χ1) is 16.1. The Labute approximate surface area is 190 Å². The molecule has 0 spiro atoms. The van der Waals surface area contributed by atoms with Crippen LogP contribution in [0.1, 0.15) is 22.3 Å². The first-order valence-electron chi connectivity index (χ1n) is 11.0. The second-order valence-electron chi connectivity index (χ2n) is 8.34. The van der Waals surface area contributed by atoms with Crippen LogP contribution in [0, 0.1) is 5.92 Å². The number of para-hydroxylation sites is 2. The lowest BCUT2D eigenvalue weighted by Gasteiger charge is -2.28. The fourth-order valence-corrected chi connectivity index (χ4v) is 4.52. The summed E-state index contributed by atoms with van der Waals surface area (Å²) in [6.07, 6.45) is 2.76. The molecule has 8 heteroatoms. The van der Waals surface area contributed by atoms with Crippen LogP contribution >= 0.6 is 0 Å². The summed E-state index contributed by atoms with van der Waals surface area (Å²) in [5.74, 6) is -0.467. The van der Waals surface area contributed by atoms with E-state index in [1.54, 1.807) is 24.3 Å². The van der Waals surface area contributed by atoms with Gasteiger partial charge in [0, 0.05) is 30.5 Å². The number of hydrogen-bond donors (Lipinski definition) is 2. The minimum atomic E-state index is -0.516. The van der Waals surface area contributed by atoms with Crippen LogP contribution in [0.5, 0.6) is 0 Å². The van der Waals surface area contributed by atoms with Crippen molar-refractivity contribution in [2.24, 2.45) is 5.92 Å². The topological polar surface area (TPSA) is 101 Å².